The molecule has 0 saturated carbocycles. The van der Waals surface area contributed by atoms with Crippen LogP contribution in [0.5, 0.6) is 5.75 Å². The van der Waals surface area contributed by atoms with Gasteiger partial charge in [0.2, 0.25) is 5.91 Å². The summed E-state index contributed by atoms with van der Waals surface area (Å²) < 4.78 is 13.4. The molecule has 2 amide bonds. The summed E-state index contributed by atoms with van der Waals surface area (Å²) in [5.74, 6) is 2.18. The monoisotopic (exact) mass is 366 g/mol. The van der Waals surface area contributed by atoms with Crippen molar-refractivity contribution in [2.75, 3.05) is 37.9 Å². The van der Waals surface area contributed by atoms with Crippen LogP contribution in [-0.4, -0.2) is 59.2 Å². The van der Waals surface area contributed by atoms with Gasteiger partial charge in [0.05, 0.1) is 18.6 Å². The van der Waals surface area contributed by atoms with Gasteiger partial charge in [0.15, 0.2) is 0 Å². The molecular weight excluding hydrogens is 344 g/mol. The molecule has 25 heavy (non-hydrogen) atoms. The minimum Gasteiger partial charge on any atom is -0.491 e. The Kier molecular flexibility index (Phi) is 3.93. The molecule has 7 nitrogen and oxygen atoms in total. The number of fused-ring (bicyclic) bond motifs is 2. The minimum absolute atomic E-state index is 0.158. The summed E-state index contributed by atoms with van der Waals surface area (Å²) in [4.78, 5) is 26.0. The van der Waals surface area contributed by atoms with Crippen molar-refractivity contribution < 1.29 is 24.3 Å². The second-order valence-electron chi connectivity index (χ2n) is 6.97. The molecule has 1 atom stereocenters. The molecular formula is C17H22N2O5S. The van der Waals surface area contributed by atoms with Crippen molar-refractivity contribution in [3.8, 4) is 5.75 Å². The van der Waals surface area contributed by atoms with Crippen LogP contribution in [0.1, 0.15) is 23.7 Å². The van der Waals surface area contributed by atoms with Crippen LogP contribution >= 0.6 is 10.2 Å². The molecule has 0 aromatic heterocycles. The summed E-state index contributed by atoms with van der Waals surface area (Å²) in [7, 11) is -1.38. The number of carbonyl (C=O) groups is 2. The highest BCUT2D eigenvalue weighted by atomic mass is 32.3. The standard InChI is InChI=1S/C17H22N2O5S/c1-17(4-6-23-11-17)16(21)19-5-7-24-13-10-12(15(20)18-22)2-3-14(13)25(19)8-9-25/h2-3,10,22H,4-9,11H2,1H3,(H,18,20). The fourth-order valence-electron chi connectivity index (χ4n) is 3.59. The summed E-state index contributed by atoms with van der Waals surface area (Å²) in [6.07, 6.45) is 0.751. The van der Waals surface area contributed by atoms with Gasteiger partial charge in [0.1, 0.15) is 12.4 Å². The maximum absolute atomic E-state index is 13.3. The van der Waals surface area contributed by atoms with Gasteiger partial charge in [-0.1, -0.05) is 0 Å². The number of hydrogen-bond donors (Lipinski definition) is 2. The smallest absolute Gasteiger partial charge is 0.274 e. The molecule has 0 radical (unpaired) electrons. The molecule has 0 aliphatic carbocycles. The lowest BCUT2D eigenvalue weighted by Gasteiger charge is -2.38. The van der Waals surface area contributed by atoms with Crippen LogP contribution in [0.25, 0.3) is 0 Å². The highest BCUT2D eigenvalue weighted by Gasteiger charge is 2.53. The van der Waals surface area contributed by atoms with E-state index in [9.17, 15) is 9.59 Å². The number of rotatable bonds is 2. The molecule has 3 aliphatic heterocycles. The zero-order valence-corrected chi connectivity index (χ0v) is 14.9. The lowest BCUT2D eigenvalue weighted by molar-refractivity contribution is -0.136. The van der Waals surface area contributed by atoms with E-state index in [4.69, 9.17) is 14.7 Å². The Bertz CT molecular complexity index is 728. The number of amides is 2. The average Bonchev–Trinajstić information content (AvgIpc) is 3.34. The third kappa shape index (κ3) is 2.59. The van der Waals surface area contributed by atoms with E-state index in [1.807, 2.05) is 17.3 Å². The highest BCUT2D eigenvalue weighted by Crippen LogP contribution is 2.73. The fraction of sp³-hybridized carbons (Fsp3) is 0.529. The average molecular weight is 366 g/mol. The number of ether oxygens (including phenoxy) is 2. The van der Waals surface area contributed by atoms with Crippen molar-refractivity contribution in [2.45, 2.75) is 18.2 Å². The van der Waals surface area contributed by atoms with E-state index in [2.05, 4.69) is 0 Å². The number of benzene rings is 1. The van der Waals surface area contributed by atoms with Crippen molar-refractivity contribution >= 4 is 22.0 Å². The minimum atomic E-state index is -1.38. The van der Waals surface area contributed by atoms with Gasteiger partial charge < -0.3 is 9.47 Å². The quantitative estimate of drug-likeness (QED) is 0.471. The molecule has 136 valence electrons. The van der Waals surface area contributed by atoms with Crippen LogP contribution in [0.15, 0.2) is 23.1 Å². The number of hydroxylamine groups is 1. The topological polar surface area (TPSA) is 88.1 Å². The van der Waals surface area contributed by atoms with E-state index in [1.54, 1.807) is 17.6 Å². The zero-order valence-electron chi connectivity index (χ0n) is 14.1. The van der Waals surface area contributed by atoms with Crippen molar-refractivity contribution in [3.63, 3.8) is 0 Å². The molecule has 0 bridgehead atoms. The Morgan fingerprint density at radius 2 is 2.12 bits per heavy atom. The van der Waals surface area contributed by atoms with Crippen LogP contribution in [0.2, 0.25) is 0 Å². The maximum Gasteiger partial charge on any atom is 0.274 e. The molecule has 1 aromatic rings. The van der Waals surface area contributed by atoms with Crippen LogP contribution in [0, 0.1) is 5.41 Å². The van der Waals surface area contributed by atoms with Crippen LogP contribution in [0.4, 0.5) is 0 Å². The van der Waals surface area contributed by atoms with Crippen LogP contribution < -0.4 is 10.2 Å². The fourth-order valence-corrected chi connectivity index (χ4v) is 7.11. The third-order valence-corrected chi connectivity index (χ3v) is 8.77. The molecule has 2 fully saturated rings. The van der Waals surface area contributed by atoms with Gasteiger partial charge in [-0.25, -0.2) is 5.48 Å². The molecule has 8 heteroatoms. The van der Waals surface area contributed by atoms with Gasteiger partial charge >= 0.3 is 0 Å². The Morgan fingerprint density at radius 1 is 1.32 bits per heavy atom. The predicted octanol–water partition coefficient (Wildman–Crippen LogP) is 1.55. The van der Waals surface area contributed by atoms with E-state index >= 15 is 0 Å². The molecule has 1 spiro atoms. The van der Waals surface area contributed by atoms with Gasteiger partial charge in [0, 0.05) is 28.6 Å². The lowest BCUT2D eigenvalue weighted by atomic mass is 9.89. The second-order valence-corrected chi connectivity index (χ2v) is 10.4. The first-order chi connectivity index (χ1) is 12.0. The normalized spacial score (nSPS) is 27.8. The number of nitrogens with one attached hydrogen (secondary N) is 1. The zero-order chi connectivity index (χ0) is 17.7. The Hall–Kier alpha value is -1.77. The summed E-state index contributed by atoms with van der Waals surface area (Å²) in [6.45, 7) is 4.04. The first-order valence-electron chi connectivity index (χ1n) is 8.40. The SMILES string of the molecule is CC1(C(=O)N2CCOc3cc(C(=O)NO)ccc3S23CC3)CCOC1. The van der Waals surface area contributed by atoms with Crippen LogP contribution in [-0.2, 0) is 9.53 Å². The van der Waals surface area contributed by atoms with E-state index in [1.165, 1.54) is 0 Å². The molecule has 4 rings (SSSR count). The highest BCUT2D eigenvalue weighted by molar-refractivity contribution is 8.38. The molecule has 3 aliphatic rings. The van der Waals surface area contributed by atoms with Crippen molar-refractivity contribution in [1.29, 1.82) is 0 Å². The molecule has 2 N–H and O–H groups in total. The second kappa shape index (κ2) is 5.89. The Morgan fingerprint density at radius 3 is 2.76 bits per heavy atom. The van der Waals surface area contributed by atoms with Gasteiger partial charge in [-0.15, -0.1) is 10.2 Å². The Balaban J connectivity index is 1.70. The number of carbonyl (C=O) groups excluding carboxylic acids is 2. The number of hydrogen-bond acceptors (Lipinski definition) is 5. The Labute approximate surface area is 147 Å². The molecule has 2 saturated heterocycles. The summed E-state index contributed by atoms with van der Waals surface area (Å²) >= 11 is 0. The van der Waals surface area contributed by atoms with Gasteiger partial charge in [-0.2, -0.15) is 0 Å². The molecule has 1 unspecified atom stereocenters. The summed E-state index contributed by atoms with van der Waals surface area (Å²) in [6, 6.07) is 5.21. The number of nitrogens with zero attached hydrogens (tertiary/aromatic N) is 1. The van der Waals surface area contributed by atoms with Gasteiger partial charge in [-0.3, -0.25) is 19.1 Å². The first kappa shape index (κ1) is 16.7. The van der Waals surface area contributed by atoms with E-state index in [-0.39, 0.29) is 5.91 Å². The predicted molar refractivity (Wildman–Crippen MR) is 92.0 cm³/mol. The molecule has 1 aromatic carbocycles. The van der Waals surface area contributed by atoms with Crippen molar-refractivity contribution in [2.24, 2.45) is 5.41 Å². The maximum atomic E-state index is 13.3. The summed E-state index contributed by atoms with van der Waals surface area (Å²) in [5.41, 5.74) is 1.53. The molecule has 3 heterocycles. The van der Waals surface area contributed by atoms with Crippen LogP contribution in [0.3, 0.4) is 0 Å². The summed E-state index contributed by atoms with van der Waals surface area (Å²) in [5, 5.41) is 8.83. The van der Waals surface area contributed by atoms with E-state index < -0.39 is 21.5 Å². The van der Waals surface area contributed by atoms with E-state index in [0.29, 0.717) is 37.7 Å². The van der Waals surface area contributed by atoms with E-state index in [0.717, 1.165) is 22.8 Å². The largest absolute Gasteiger partial charge is 0.491 e. The van der Waals surface area contributed by atoms with Crippen molar-refractivity contribution in [3.05, 3.63) is 23.8 Å². The first-order valence-corrected chi connectivity index (χ1v) is 10.3. The lowest BCUT2D eigenvalue weighted by Crippen LogP contribution is -2.42. The third-order valence-electron chi connectivity index (χ3n) is 5.24. The van der Waals surface area contributed by atoms with Gasteiger partial charge in [0.25, 0.3) is 5.91 Å². The van der Waals surface area contributed by atoms with Crippen molar-refractivity contribution in [1.82, 2.24) is 9.79 Å². The van der Waals surface area contributed by atoms with Gasteiger partial charge in [-0.05, 0) is 31.5 Å².